The number of likely N-dealkylation sites (N-methyl/N-ethyl adjacent to an activating group) is 1. The van der Waals surface area contributed by atoms with Gasteiger partial charge in [0.25, 0.3) is 0 Å². The van der Waals surface area contributed by atoms with Crippen LogP contribution in [0.25, 0.3) is 0 Å². The first kappa shape index (κ1) is 16.9. The van der Waals surface area contributed by atoms with Crippen molar-refractivity contribution in [2.24, 2.45) is 5.73 Å². The Kier molecular flexibility index (Phi) is 7.54. The predicted molar refractivity (Wildman–Crippen MR) is 86.6 cm³/mol. The fraction of sp³-hybridized carbons (Fsp3) is 0.600. The van der Waals surface area contributed by atoms with E-state index in [4.69, 9.17) is 5.73 Å². The molecule has 0 aromatic heterocycles. The lowest BCUT2D eigenvalue weighted by molar-refractivity contribution is 0.111. The molecule has 5 heteroatoms. The number of benzene rings is 1. The van der Waals surface area contributed by atoms with Gasteiger partial charge in [-0.1, -0.05) is 19.1 Å². The fourth-order valence-electron chi connectivity index (χ4n) is 2.26. The van der Waals surface area contributed by atoms with Crippen molar-refractivity contribution in [3.05, 3.63) is 29.8 Å². The van der Waals surface area contributed by atoms with Gasteiger partial charge in [0.2, 0.25) is 0 Å². The van der Waals surface area contributed by atoms with Crippen LogP contribution in [-0.4, -0.2) is 56.9 Å². The van der Waals surface area contributed by atoms with Gasteiger partial charge in [-0.2, -0.15) is 0 Å². The van der Waals surface area contributed by atoms with Crippen LogP contribution in [0.2, 0.25) is 0 Å². The van der Waals surface area contributed by atoms with E-state index in [1.54, 1.807) is 0 Å². The molecule has 20 heavy (non-hydrogen) atoms. The van der Waals surface area contributed by atoms with Gasteiger partial charge in [0.15, 0.2) is 0 Å². The van der Waals surface area contributed by atoms with Crippen molar-refractivity contribution in [2.75, 3.05) is 46.2 Å². The second-order valence-electron chi connectivity index (χ2n) is 5.04. The standard InChI is InChI=1S/C15H29N5/c1-5-19(4)11-15(20(12-16)18-3)10-13-6-8-14(17-2)9-7-13/h6-9,15,17-18H,5,10-12,16H2,1-4H3. The maximum absolute atomic E-state index is 5.84. The summed E-state index contributed by atoms with van der Waals surface area (Å²) in [7, 11) is 6.00. The molecule has 0 radical (unpaired) electrons. The zero-order valence-corrected chi connectivity index (χ0v) is 13.2. The van der Waals surface area contributed by atoms with Crippen LogP contribution in [0.15, 0.2) is 24.3 Å². The monoisotopic (exact) mass is 279 g/mol. The van der Waals surface area contributed by atoms with Crippen LogP contribution in [0, 0.1) is 0 Å². The average Bonchev–Trinajstić information content (AvgIpc) is 2.49. The average molecular weight is 279 g/mol. The Morgan fingerprint density at radius 2 is 1.85 bits per heavy atom. The minimum absolute atomic E-state index is 0.357. The first-order valence-corrected chi connectivity index (χ1v) is 7.23. The third-order valence-electron chi connectivity index (χ3n) is 3.70. The maximum atomic E-state index is 5.84. The molecule has 0 fully saturated rings. The lowest BCUT2D eigenvalue weighted by Gasteiger charge is -2.32. The molecule has 0 aliphatic carbocycles. The van der Waals surface area contributed by atoms with Crippen LogP contribution in [0.4, 0.5) is 5.69 Å². The normalized spacial score (nSPS) is 12.9. The van der Waals surface area contributed by atoms with Gasteiger partial charge in [0.05, 0.1) is 6.67 Å². The molecule has 1 unspecified atom stereocenters. The SMILES string of the molecule is CCN(C)CC(Cc1ccc(NC)cc1)N(CN)NC. The minimum Gasteiger partial charge on any atom is -0.388 e. The molecule has 0 aliphatic rings. The van der Waals surface area contributed by atoms with Crippen LogP contribution in [0.1, 0.15) is 12.5 Å². The zero-order valence-electron chi connectivity index (χ0n) is 13.2. The summed E-state index contributed by atoms with van der Waals surface area (Å²) in [6.07, 6.45) is 0.979. The van der Waals surface area contributed by atoms with Crippen molar-refractivity contribution in [3.8, 4) is 0 Å². The van der Waals surface area contributed by atoms with Gasteiger partial charge >= 0.3 is 0 Å². The zero-order chi connectivity index (χ0) is 15.0. The Bertz CT molecular complexity index is 361. The Hall–Kier alpha value is -1.14. The summed E-state index contributed by atoms with van der Waals surface area (Å²) in [4.78, 5) is 2.31. The summed E-state index contributed by atoms with van der Waals surface area (Å²) < 4.78 is 0. The van der Waals surface area contributed by atoms with Gasteiger partial charge in [-0.05, 0) is 44.8 Å². The van der Waals surface area contributed by atoms with Crippen molar-refractivity contribution in [2.45, 2.75) is 19.4 Å². The molecule has 0 bridgehead atoms. The summed E-state index contributed by atoms with van der Waals surface area (Å²) in [5.41, 5.74) is 11.5. The highest BCUT2D eigenvalue weighted by atomic mass is 15.5. The molecule has 0 saturated heterocycles. The van der Waals surface area contributed by atoms with Crippen LogP contribution >= 0.6 is 0 Å². The fourth-order valence-corrected chi connectivity index (χ4v) is 2.26. The molecule has 0 spiro atoms. The summed E-state index contributed by atoms with van der Waals surface area (Å²) in [5, 5.41) is 5.24. The van der Waals surface area contributed by atoms with Crippen molar-refractivity contribution < 1.29 is 0 Å². The van der Waals surface area contributed by atoms with E-state index in [2.05, 4.69) is 58.9 Å². The Balaban J connectivity index is 2.75. The number of nitrogens with one attached hydrogen (secondary N) is 2. The van der Waals surface area contributed by atoms with Gasteiger partial charge < -0.3 is 16.0 Å². The highest BCUT2D eigenvalue weighted by Crippen LogP contribution is 2.12. The number of hydrazine groups is 1. The third-order valence-corrected chi connectivity index (χ3v) is 3.70. The molecular weight excluding hydrogens is 250 g/mol. The summed E-state index contributed by atoms with van der Waals surface area (Å²) in [6, 6.07) is 8.93. The number of rotatable bonds is 9. The van der Waals surface area contributed by atoms with Gasteiger partial charge in [-0.15, -0.1) is 0 Å². The van der Waals surface area contributed by atoms with E-state index >= 15 is 0 Å². The third kappa shape index (κ3) is 5.09. The number of hydrogen-bond donors (Lipinski definition) is 3. The quantitative estimate of drug-likeness (QED) is 0.464. The summed E-state index contributed by atoms with van der Waals surface area (Å²) in [6.45, 7) is 4.71. The second-order valence-corrected chi connectivity index (χ2v) is 5.04. The molecule has 1 aromatic carbocycles. The van der Waals surface area contributed by atoms with E-state index in [-0.39, 0.29) is 0 Å². The Labute approximate surface area is 123 Å². The molecule has 1 aromatic rings. The largest absolute Gasteiger partial charge is 0.388 e. The molecule has 0 saturated carbocycles. The smallest absolute Gasteiger partial charge is 0.0599 e. The van der Waals surface area contributed by atoms with E-state index < -0.39 is 0 Å². The van der Waals surface area contributed by atoms with E-state index in [0.717, 1.165) is 25.2 Å². The number of anilines is 1. The van der Waals surface area contributed by atoms with Gasteiger partial charge in [0.1, 0.15) is 0 Å². The first-order valence-electron chi connectivity index (χ1n) is 7.23. The van der Waals surface area contributed by atoms with Crippen molar-refractivity contribution in [1.82, 2.24) is 15.3 Å². The van der Waals surface area contributed by atoms with E-state index in [9.17, 15) is 0 Å². The molecular formula is C15H29N5. The van der Waals surface area contributed by atoms with E-state index in [1.165, 1.54) is 5.56 Å². The highest BCUT2D eigenvalue weighted by Gasteiger charge is 2.18. The van der Waals surface area contributed by atoms with Crippen molar-refractivity contribution in [3.63, 3.8) is 0 Å². The molecule has 5 nitrogen and oxygen atoms in total. The van der Waals surface area contributed by atoms with Crippen molar-refractivity contribution >= 4 is 5.69 Å². The van der Waals surface area contributed by atoms with E-state index in [1.807, 2.05) is 14.1 Å². The number of nitrogens with zero attached hydrogens (tertiary/aromatic N) is 2. The van der Waals surface area contributed by atoms with Gasteiger partial charge in [-0.25, -0.2) is 5.01 Å². The molecule has 1 atom stereocenters. The highest BCUT2D eigenvalue weighted by molar-refractivity contribution is 5.43. The van der Waals surface area contributed by atoms with Crippen LogP contribution in [0.5, 0.6) is 0 Å². The topological polar surface area (TPSA) is 56.6 Å². The van der Waals surface area contributed by atoms with Crippen LogP contribution in [0.3, 0.4) is 0 Å². The van der Waals surface area contributed by atoms with Crippen LogP contribution in [-0.2, 0) is 6.42 Å². The molecule has 0 aliphatic heterocycles. The van der Waals surface area contributed by atoms with Gasteiger partial charge in [-0.3, -0.25) is 5.43 Å². The van der Waals surface area contributed by atoms with E-state index in [0.29, 0.717) is 12.7 Å². The molecule has 114 valence electrons. The lowest BCUT2D eigenvalue weighted by atomic mass is 10.0. The molecule has 4 N–H and O–H groups in total. The van der Waals surface area contributed by atoms with Crippen molar-refractivity contribution in [1.29, 1.82) is 0 Å². The maximum Gasteiger partial charge on any atom is 0.0599 e. The molecule has 0 heterocycles. The first-order chi connectivity index (χ1) is 9.64. The second kappa shape index (κ2) is 8.92. The molecule has 1 rings (SSSR count). The summed E-state index contributed by atoms with van der Waals surface area (Å²) in [5.74, 6) is 0. The lowest BCUT2D eigenvalue weighted by Crippen LogP contribution is -2.52. The minimum atomic E-state index is 0.357. The van der Waals surface area contributed by atoms with Crippen LogP contribution < -0.4 is 16.5 Å². The Morgan fingerprint density at radius 3 is 2.30 bits per heavy atom. The number of nitrogens with two attached hydrogens (primary N) is 1. The Morgan fingerprint density at radius 1 is 1.20 bits per heavy atom. The predicted octanol–water partition coefficient (Wildman–Crippen LogP) is 0.944. The summed E-state index contributed by atoms with van der Waals surface area (Å²) >= 11 is 0. The molecule has 0 amide bonds. The number of hydrogen-bond acceptors (Lipinski definition) is 5. The van der Waals surface area contributed by atoms with Gasteiger partial charge in [0, 0.05) is 25.3 Å².